The van der Waals surface area contributed by atoms with Gasteiger partial charge in [0.15, 0.2) is 0 Å². The number of amides is 2. The van der Waals surface area contributed by atoms with Crippen LogP contribution in [0.5, 0.6) is 0 Å². The Morgan fingerprint density at radius 1 is 1.40 bits per heavy atom. The summed E-state index contributed by atoms with van der Waals surface area (Å²) in [7, 11) is 1.63. The van der Waals surface area contributed by atoms with Gasteiger partial charge in [-0.15, -0.1) is 0 Å². The number of unbranched alkanes of at least 4 members (excludes halogenated alkanes) is 1. The topological polar surface area (TPSA) is 107 Å². The standard InChI is InChI=1S/C9H19N3O3/c1-15-5-3-2-4-12-9(14)7(10)6-8(11)13/h7H,2-6,10H2,1H3,(H2,11,13)(H,12,14). The van der Waals surface area contributed by atoms with Crippen molar-refractivity contribution in [2.24, 2.45) is 11.5 Å². The van der Waals surface area contributed by atoms with Crippen LogP contribution < -0.4 is 16.8 Å². The summed E-state index contributed by atoms with van der Waals surface area (Å²) in [5.41, 5.74) is 10.3. The summed E-state index contributed by atoms with van der Waals surface area (Å²) in [6.45, 7) is 1.21. The Balaban J connectivity index is 3.51. The van der Waals surface area contributed by atoms with Gasteiger partial charge >= 0.3 is 0 Å². The Labute approximate surface area is 89.3 Å². The fraction of sp³-hybridized carbons (Fsp3) is 0.778. The Morgan fingerprint density at radius 3 is 2.60 bits per heavy atom. The van der Waals surface area contributed by atoms with Gasteiger partial charge in [-0.1, -0.05) is 0 Å². The Morgan fingerprint density at radius 2 is 2.07 bits per heavy atom. The van der Waals surface area contributed by atoms with Gasteiger partial charge in [0.25, 0.3) is 0 Å². The third-order valence-corrected chi connectivity index (χ3v) is 1.83. The molecule has 5 N–H and O–H groups in total. The van der Waals surface area contributed by atoms with E-state index in [0.717, 1.165) is 12.8 Å². The highest BCUT2D eigenvalue weighted by Crippen LogP contribution is 1.90. The molecule has 6 nitrogen and oxygen atoms in total. The van der Waals surface area contributed by atoms with Crippen molar-refractivity contribution < 1.29 is 14.3 Å². The number of methoxy groups -OCH3 is 1. The van der Waals surface area contributed by atoms with Crippen LogP contribution in [0.3, 0.4) is 0 Å². The molecule has 0 bridgehead atoms. The first-order chi connectivity index (χ1) is 7.07. The van der Waals surface area contributed by atoms with E-state index in [1.807, 2.05) is 0 Å². The number of primary amides is 1. The van der Waals surface area contributed by atoms with E-state index in [2.05, 4.69) is 5.32 Å². The van der Waals surface area contributed by atoms with Crippen LogP contribution in [0, 0.1) is 0 Å². The number of carbonyl (C=O) groups excluding carboxylic acids is 2. The lowest BCUT2D eigenvalue weighted by Gasteiger charge is -2.10. The van der Waals surface area contributed by atoms with Gasteiger partial charge in [-0.25, -0.2) is 0 Å². The third kappa shape index (κ3) is 7.90. The van der Waals surface area contributed by atoms with E-state index in [0.29, 0.717) is 13.2 Å². The second-order valence-electron chi connectivity index (χ2n) is 3.27. The summed E-state index contributed by atoms with van der Waals surface area (Å²) < 4.78 is 4.85. The highest BCUT2D eigenvalue weighted by Gasteiger charge is 2.14. The maximum absolute atomic E-state index is 11.2. The lowest BCUT2D eigenvalue weighted by Crippen LogP contribution is -2.43. The predicted molar refractivity (Wildman–Crippen MR) is 55.9 cm³/mol. The molecule has 2 amide bonds. The molecule has 15 heavy (non-hydrogen) atoms. The quantitative estimate of drug-likeness (QED) is 0.441. The molecule has 0 rings (SSSR count). The maximum atomic E-state index is 11.2. The number of hydrogen-bond acceptors (Lipinski definition) is 4. The molecule has 0 aliphatic carbocycles. The van der Waals surface area contributed by atoms with Crippen molar-refractivity contribution in [3.05, 3.63) is 0 Å². The van der Waals surface area contributed by atoms with E-state index in [4.69, 9.17) is 16.2 Å². The van der Waals surface area contributed by atoms with E-state index in [1.54, 1.807) is 7.11 Å². The fourth-order valence-corrected chi connectivity index (χ4v) is 1.02. The number of carbonyl (C=O) groups is 2. The summed E-state index contributed by atoms with van der Waals surface area (Å²) in [6.07, 6.45) is 1.58. The first-order valence-electron chi connectivity index (χ1n) is 4.88. The molecule has 0 aromatic carbocycles. The Kier molecular flexibility index (Phi) is 7.57. The van der Waals surface area contributed by atoms with Gasteiger partial charge in [0, 0.05) is 20.3 Å². The molecular weight excluding hydrogens is 198 g/mol. The lowest BCUT2D eigenvalue weighted by atomic mass is 10.2. The van der Waals surface area contributed by atoms with Crippen molar-refractivity contribution in [1.29, 1.82) is 0 Å². The molecule has 6 heteroatoms. The number of rotatable bonds is 8. The molecule has 0 radical (unpaired) electrons. The monoisotopic (exact) mass is 217 g/mol. The van der Waals surface area contributed by atoms with Gasteiger partial charge in [-0.05, 0) is 12.8 Å². The van der Waals surface area contributed by atoms with Crippen molar-refractivity contribution in [3.8, 4) is 0 Å². The molecule has 0 spiro atoms. The zero-order chi connectivity index (χ0) is 11.7. The number of ether oxygens (including phenoxy) is 1. The molecular formula is C9H19N3O3. The molecule has 0 saturated carbocycles. The molecule has 0 saturated heterocycles. The van der Waals surface area contributed by atoms with Gasteiger partial charge in [0.05, 0.1) is 12.5 Å². The minimum absolute atomic E-state index is 0.121. The summed E-state index contributed by atoms with van der Waals surface area (Å²) in [4.78, 5) is 21.7. The summed E-state index contributed by atoms with van der Waals surface area (Å²) in [6, 6.07) is -0.843. The molecule has 0 aromatic heterocycles. The number of nitrogens with one attached hydrogen (secondary N) is 1. The van der Waals surface area contributed by atoms with Crippen molar-refractivity contribution in [2.75, 3.05) is 20.3 Å². The van der Waals surface area contributed by atoms with Crippen LogP contribution in [0.25, 0.3) is 0 Å². The maximum Gasteiger partial charge on any atom is 0.237 e. The zero-order valence-corrected chi connectivity index (χ0v) is 8.99. The van der Waals surface area contributed by atoms with Crippen molar-refractivity contribution in [1.82, 2.24) is 5.32 Å². The van der Waals surface area contributed by atoms with Gasteiger partial charge in [0.2, 0.25) is 11.8 Å². The van der Waals surface area contributed by atoms with Crippen LogP contribution in [0.15, 0.2) is 0 Å². The van der Waals surface area contributed by atoms with E-state index in [9.17, 15) is 9.59 Å². The summed E-state index contributed by atoms with van der Waals surface area (Å²) >= 11 is 0. The van der Waals surface area contributed by atoms with Gasteiger partial charge in [0.1, 0.15) is 0 Å². The summed E-state index contributed by atoms with van der Waals surface area (Å²) in [5.74, 6) is -0.914. The molecule has 88 valence electrons. The zero-order valence-electron chi connectivity index (χ0n) is 8.99. The molecule has 0 aromatic rings. The predicted octanol–water partition coefficient (Wildman–Crippen LogP) is -1.27. The van der Waals surface area contributed by atoms with Gasteiger partial charge < -0.3 is 21.5 Å². The largest absolute Gasteiger partial charge is 0.385 e. The molecule has 0 fully saturated rings. The normalized spacial score (nSPS) is 12.1. The second-order valence-corrected chi connectivity index (χ2v) is 3.27. The van der Waals surface area contributed by atoms with Crippen LogP contribution in [0.4, 0.5) is 0 Å². The Hall–Kier alpha value is -1.14. The lowest BCUT2D eigenvalue weighted by molar-refractivity contribution is -0.126. The smallest absolute Gasteiger partial charge is 0.237 e. The van der Waals surface area contributed by atoms with Crippen molar-refractivity contribution in [2.45, 2.75) is 25.3 Å². The first kappa shape index (κ1) is 13.9. The van der Waals surface area contributed by atoms with Crippen molar-refractivity contribution >= 4 is 11.8 Å². The third-order valence-electron chi connectivity index (χ3n) is 1.83. The Bertz CT molecular complexity index is 209. The van der Waals surface area contributed by atoms with Gasteiger partial charge in [-0.3, -0.25) is 9.59 Å². The molecule has 1 atom stereocenters. The summed E-state index contributed by atoms with van der Waals surface area (Å²) in [5, 5.41) is 2.62. The SMILES string of the molecule is COCCCCNC(=O)C(N)CC(N)=O. The van der Waals surface area contributed by atoms with Crippen LogP contribution in [-0.4, -0.2) is 38.1 Å². The second kappa shape index (κ2) is 8.19. The van der Waals surface area contributed by atoms with Crippen LogP contribution in [0.1, 0.15) is 19.3 Å². The molecule has 1 unspecified atom stereocenters. The minimum Gasteiger partial charge on any atom is -0.385 e. The van der Waals surface area contributed by atoms with Gasteiger partial charge in [-0.2, -0.15) is 0 Å². The van der Waals surface area contributed by atoms with Crippen LogP contribution in [-0.2, 0) is 14.3 Å². The highest BCUT2D eigenvalue weighted by atomic mass is 16.5. The minimum atomic E-state index is -0.843. The number of nitrogens with two attached hydrogens (primary N) is 2. The first-order valence-corrected chi connectivity index (χ1v) is 4.88. The van der Waals surface area contributed by atoms with E-state index < -0.39 is 11.9 Å². The van der Waals surface area contributed by atoms with E-state index in [-0.39, 0.29) is 12.3 Å². The van der Waals surface area contributed by atoms with Crippen LogP contribution >= 0.6 is 0 Å². The highest BCUT2D eigenvalue weighted by molar-refractivity contribution is 5.87. The average molecular weight is 217 g/mol. The van der Waals surface area contributed by atoms with Crippen LogP contribution in [0.2, 0.25) is 0 Å². The fourth-order valence-electron chi connectivity index (χ4n) is 1.02. The molecule has 0 aliphatic heterocycles. The average Bonchev–Trinajstić information content (AvgIpc) is 2.16. The van der Waals surface area contributed by atoms with Crippen molar-refractivity contribution in [3.63, 3.8) is 0 Å². The number of hydrogen-bond donors (Lipinski definition) is 3. The van der Waals surface area contributed by atoms with E-state index >= 15 is 0 Å². The molecule has 0 heterocycles. The molecule has 0 aliphatic rings. The van der Waals surface area contributed by atoms with E-state index in [1.165, 1.54) is 0 Å².